The van der Waals surface area contributed by atoms with Gasteiger partial charge in [0.25, 0.3) is 0 Å². The number of esters is 1. The van der Waals surface area contributed by atoms with Gasteiger partial charge >= 0.3 is 5.97 Å². The van der Waals surface area contributed by atoms with Gasteiger partial charge in [0.05, 0.1) is 36.2 Å². The summed E-state index contributed by atoms with van der Waals surface area (Å²) in [5.41, 5.74) is 6.04. The summed E-state index contributed by atoms with van der Waals surface area (Å²) in [5, 5.41) is 5.15. The second-order valence-electron chi connectivity index (χ2n) is 13.3. The zero-order valence-electron chi connectivity index (χ0n) is 28.6. The lowest BCUT2D eigenvalue weighted by molar-refractivity contribution is -0.164. The smallest absolute Gasteiger partial charge is 0.339 e. The summed E-state index contributed by atoms with van der Waals surface area (Å²) in [4.78, 5) is 25.3. The lowest BCUT2D eigenvalue weighted by Crippen LogP contribution is -2.45. The van der Waals surface area contributed by atoms with E-state index in [0.717, 1.165) is 59.6 Å². The molecule has 4 aromatic rings. The summed E-state index contributed by atoms with van der Waals surface area (Å²) in [6.07, 6.45) is 7.80. The average Bonchev–Trinajstić information content (AvgIpc) is 3.48. The third kappa shape index (κ3) is 7.63. The van der Waals surface area contributed by atoms with Crippen molar-refractivity contribution in [2.24, 2.45) is 0 Å². The van der Waals surface area contributed by atoms with Crippen LogP contribution in [0, 0.1) is 6.92 Å². The number of ether oxygens (including phenoxy) is 3. The van der Waals surface area contributed by atoms with Crippen LogP contribution in [-0.4, -0.2) is 63.6 Å². The molecule has 0 N–H and O–H groups in total. The standard InChI is InChI=1S/C38H47N5O4/c1-9-11-17-30-29(16-13-20-39-30)27-14-12-15-28(24-27)31-25-32-40-26(3)33(34(36(44)45-8)47-37(4,5)6)35(43(32)41-31)42-21-18-38(7,19-22-42)46-23-10-2/h9-10,12-16,20,24-25,34H,1-2,11,17-19,21-23H2,3-8H3/t34-/m0/s1. The van der Waals surface area contributed by atoms with Crippen LogP contribution in [0.3, 0.4) is 0 Å². The monoisotopic (exact) mass is 637 g/mol. The van der Waals surface area contributed by atoms with Crippen LogP contribution in [0.2, 0.25) is 0 Å². The van der Waals surface area contributed by atoms with E-state index in [2.05, 4.69) is 54.2 Å². The maximum absolute atomic E-state index is 13.4. The average molecular weight is 638 g/mol. The summed E-state index contributed by atoms with van der Waals surface area (Å²) in [5.74, 6) is 0.296. The van der Waals surface area contributed by atoms with Gasteiger partial charge in [-0.3, -0.25) is 4.98 Å². The van der Waals surface area contributed by atoms with Gasteiger partial charge < -0.3 is 19.1 Å². The molecule has 1 saturated heterocycles. The summed E-state index contributed by atoms with van der Waals surface area (Å²) >= 11 is 0. The number of pyridine rings is 1. The number of fused-ring (bicyclic) bond motifs is 1. The van der Waals surface area contributed by atoms with E-state index < -0.39 is 17.7 Å². The minimum Gasteiger partial charge on any atom is -0.467 e. The molecular weight excluding hydrogens is 590 g/mol. The number of aromatic nitrogens is 4. The summed E-state index contributed by atoms with van der Waals surface area (Å²) in [6, 6.07) is 14.4. The van der Waals surface area contributed by atoms with Crippen LogP contribution in [0.5, 0.6) is 0 Å². The molecule has 1 aromatic carbocycles. The molecule has 248 valence electrons. The van der Waals surface area contributed by atoms with Gasteiger partial charge in [-0.25, -0.2) is 9.78 Å². The fourth-order valence-corrected chi connectivity index (χ4v) is 6.13. The molecule has 0 spiro atoms. The maximum Gasteiger partial charge on any atom is 0.339 e. The van der Waals surface area contributed by atoms with E-state index in [1.165, 1.54) is 7.11 Å². The quantitative estimate of drug-likeness (QED) is 0.117. The molecule has 1 atom stereocenters. The first-order valence-corrected chi connectivity index (χ1v) is 16.3. The highest BCUT2D eigenvalue weighted by Gasteiger charge is 2.38. The third-order valence-corrected chi connectivity index (χ3v) is 8.57. The first-order chi connectivity index (χ1) is 22.5. The van der Waals surface area contributed by atoms with Crippen molar-refractivity contribution >= 4 is 17.4 Å². The normalized spacial score (nSPS) is 15.4. The van der Waals surface area contributed by atoms with E-state index in [-0.39, 0.29) is 5.60 Å². The number of rotatable bonds is 12. The molecule has 1 aliphatic heterocycles. The number of piperidine rings is 1. The van der Waals surface area contributed by atoms with Crippen molar-refractivity contribution < 1.29 is 19.0 Å². The maximum atomic E-state index is 13.4. The number of aryl methyl sites for hydroxylation is 2. The van der Waals surface area contributed by atoms with Crippen molar-refractivity contribution in [1.82, 2.24) is 19.6 Å². The molecule has 0 saturated carbocycles. The van der Waals surface area contributed by atoms with Gasteiger partial charge in [0.15, 0.2) is 11.8 Å². The summed E-state index contributed by atoms with van der Waals surface area (Å²) in [6.45, 7) is 19.4. The second-order valence-corrected chi connectivity index (χ2v) is 13.3. The topological polar surface area (TPSA) is 91.1 Å². The van der Waals surface area contributed by atoms with Crippen LogP contribution in [0.4, 0.5) is 5.82 Å². The predicted octanol–water partition coefficient (Wildman–Crippen LogP) is 7.48. The Hall–Kier alpha value is -4.34. The first kappa shape index (κ1) is 34.0. The number of nitrogens with zero attached hydrogens (tertiary/aromatic N) is 5. The number of carbonyl (C=O) groups is 1. The van der Waals surface area contributed by atoms with E-state index in [9.17, 15) is 4.79 Å². The Morgan fingerprint density at radius 1 is 1.09 bits per heavy atom. The van der Waals surface area contributed by atoms with Crippen molar-refractivity contribution in [2.45, 2.75) is 77.6 Å². The minimum absolute atomic E-state index is 0.276. The summed E-state index contributed by atoms with van der Waals surface area (Å²) in [7, 11) is 1.38. The van der Waals surface area contributed by atoms with E-state index in [1.807, 2.05) is 62.7 Å². The van der Waals surface area contributed by atoms with Gasteiger partial charge in [-0.15, -0.1) is 13.2 Å². The van der Waals surface area contributed by atoms with Crippen molar-refractivity contribution in [3.05, 3.63) is 90.9 Å². The van der Waals surface area contributed by atoms with E-state index in [4.69, 9.17) is 24.3 Å². The Morgan fingerprint density at radius 2 is 1.83 bits per heavy atom. The lowest BCUT2D eigenvalue weighted by atomic mass is 9.92. The van der Waals surface area contributed by atoms with Crippen molar-refractivity contribution in [3.63, 3.8) is 0 Å². The second kappa shape index (κ2) is 14.2. The molecule has 9 nitrogen and oxygen atoms in total. The molecule has 0 amide bonds. The van der Waals surface area contributed by atoms with Crippen LogP contribution in [0.1, 0.15) is 70.0 Å². The van der Waals surface area contributed by atoms with E-state index in [1.54, 1.807) is 6.08 Å². The van der Waals surface area contributed by atoms with Crippen LogP contribution in [0.25, 0.3) is 28.0 Å². The fourth-order valence-electron chi connectivity index (χ4n) is 6.13. The number of hydrogen-bond donors (Lipinski definition) is 0. The molecule has 5 rings (SSSR count). The number of benzene rings is 1. The SMILES string of the molecule is C=CCCc1ncccc1-c1cccc(-c2cc3nc(C)c([C@H](OC(C)(C)C)C(=O)OC)c(N4CCC(C)(OCC=C)CC4)n3n2)c1. The zero-order chi connectivity index (χ0) is 33.8. The molecule has 0 radical (unpaired) electrons. The van der Waals surface area contributed by atoms with E-state index in [0.29, 0.717) is 36.6 Å². The van der Waals surface area contributed by atoms with Gasteiger partial charge in [-0.1, -0.05) is 36.4 Å². The highest BCUT2D eigenvalue weighted by atomic mass is 16.6. The van der Waals surface area contributed by atoms with Gasteiger partial charge in [0.2, 0.25) is 0 Å². The Bertz CT molecular complexity index is 1750. The fraction of sp³-hybridized carbons (Fsp3) is 0.421. The molecule has 0 bridgehead atoms. The van der Waals surface area contributed by atoms with Gasteiger partial charge in [0.1, 0.15) is 5.82 Å². The van der Waals surface area contributed by atoms with Gasteiger partial charge in [0, 0.05) is 47.9 Å². The number of hydrogen-bond acceptors (Lipinski definition) is 8. The predicted molar refractivity (Wildman–Crippen MR) is 187 cm³/mol. The highest BCUT2D eigenvalue weighted by molar-refractivity contribution is 5.81. The molecule has 4 heterocycles. The molecule has 0 unspecified atom stereocenters. The molecular formula is C38H47N5O4. The van der Waals surface area contributed by atoms with Crippen molar-refractivity contribution in [3.8, 4) is 22.4 Å². The molecule has 1 fully saturated rings. The molecule has 0 aliphatic carbocycles. The Labute approximate surface area is 278 Å². The number of carbonyl (C=O) groups excluding carboxylic acids is 1. The number of allylic oxidation sites excluding steroid dienone is 1. The molecule has 1 aliphatic rings. The molecule has 9 heteroatoms. The van der Waals surface area contributed by atoms with E-state index >= 15 is 0 Å². The molecule has 3 aromatic heterocycles. The first-order valence-electron chi connectivity index (χ1n) is 16.3. The van der Waals surface area contributed by atoms with Crippen molar-refractivity contribution in [2.75, 3.05) is 31.7 Å². The number of methoxy groups -OCH3 is 1. The largest absolute Gasteiger partial charge is 0.467 e. The highest BCUT2D eigenvalue weighted by Crippen LogP contribution is 2.39. The van der Waals surface area contributed by atoms with Gasteiger partial charge in [-0.05, 0) is 78.0 Å². The Kier molecular flexibility index (Phi) is 10.3. The van der Waals surface area contributed by atoms with Crippen LogP contribution in [-0.2, 0) is 25.4 Å². The van der Waals surface area contributed by atoms with Gasteiger partial charge in [-0.2, -0.15) is 9.61 Å². The molecule has 47 heavy (non-hydrogen) atoms. The third-order valence-electron chi connectivity index (χ3n) is 8.57. The Morgan fingerprint density at radius 3 is 2.51 bits per heavy atom. The van der Waals surface area contributed by atoms with Crippen molar-refractivity contribution in [1.29, 1.82) is 0 Å². The van der Waals surface area contributed by atoms with Crippen LogP contribution in [0.15, 0.2) is 74.0 Å². The van der Waals surface area contributed by atoms with Crippen LogP contribution >= 0.6 is 0 Å². The minimum atomic E-state index is -0.993. The zero-order valence-corrected chi connectivity index (χ0v) is 28.6. The van der Waals surface area contributed by atoms with Crippen LogP contribution < -0.4 is 4.90 Å². The lowest BCUT2D eigenvalue weighted by Gasteiger charge is -2.41. The summed E-state index contributed by atoms with van der Waals surface area (Å²) < 4.78 is 19.7. The number of anilines is 1. The Balaban J connectivity index is 1.64.